The summed E-state index contributed by atoms with van der Waals surface area (Å²) in [7, 11) is 0. The zero-order valence-electron chi connectivity index (χ0n) is 8.23. The molecule has 2 aliphatic rings. The van der Waals surface area contributed by atoms with E-state index < -0.39 is 0 Å². The molecular weight excluding hydrogens is 188 g/mol. The summed E-state index contributed by atoms with van der Waals surface area (Å²) in [4.78, 5) is 20.2. The van der Waals surface area contributed by atoms with E-state index in [4.69, 9.17) is 0 Å². The Morgan fingerprint density at radius 3 is 2.87 bits per heavy atom. The van der Waals surface area contributed by atoms with Gasteiger partial charge >= 0.3 is 0 Å². The largest absolute Gasteiger partial charge is 0.294 e. The highest BCUT2D eigenvalue weighted by molar-refractivity contribution is 6.10. The Hall–Kier alpha value is -1.77. The first-order chi connectivity index (χ1) is 7.34. The fourth-order valence-electron chi connectivity index (χ4n) is 1.99. The summed E-state index contributed by atoms with van der Waals surface area (Å²) in [5, 5.41) is 0. The van der Waals surface area contributed by atoms with Crippen LogP contribution in [0.1, 0.15) is 28.8 Å². The number of carbonyl (C=O) groups excluding carboxylic acids is 1. The minimum atomic E-state index is 0.164. The van der Waals surface area contributed by atoms with Crippen LogP contribution in [0.4, 0.5) is 11.4 Å². The van der Waals surface area contributed by atoms with Gasteiger partial charge in [0.1, 0.15) is 0 Å². The number of hydrogen-bond donors (Lipinski definition) is 0. The summed E-state index contributed by atoms with van der Waals surface area (Å²) >= 11 is 0. The lowest BCUT2D eigenvalue weighted by molar-refractivity contribution is 0.100. The number of aryl methyl sites for hydroxylation is 1. The van der Waals surface area contributed by atoms with Crippen molar-refractivity contribution in [3.05, 3.63) is 23.3 Å². The molecule has 0 N–H and O–H groups in total. The van der Waals surface area contributed by atoms with E-state index in [9.17, 15) is 4.79 Å². The normalized spacial score (nSPS) is 17.5. The van der Waals surface area contributed by atoms with Crippen LogP contribution in [0.3, 0.4) is 0 Å². The SMILES string of the molecule is O=C1CC=Nc2cc3c(cc21)CCC=N3. The molecular formula is C12H10N2O. The van der Waals surface area contributed by atoms with Crippen LogP contribution in [-0.2, 0) is 6.42 Å². The molecule has 0 aliphatic carbocycles. The van der Waals surface area contributed by atoms with Crippen LogP contribution in [0.15, 0.2) is 22.1 Å². The molecule has 2 aliphatic heterocycles. The van der Waals surface area contributed by atoms with Crippen molar-refractivity contribution < 1.29 is 4.79 Å². The summed E-state index contributed by atoms with van der Waals surface area (Å²) in [5.41, 5.74) is 3.66. The Kier molecular flexibility index (Phi) is 1.78. The van der Waals surface area contributed by atoms with Crippen molar-refractivity contribution in [2.24, 2.45) is 9.98 Å². The molecule has 1 aromatic carbocycles. The molecule has 0 atom stereocenters. The van der Waals surface area contributed by atoms with Gasteiger partial charge in [0, 0.05) is 24.4 Å². The quantitative estimate of drug-likeness (QED) is 0.631. The second-order valence-corrected chi connectivity index (χ2v) is 3.79. The smallest absolute Gasteiger partial charge is 0.170 e. The molecule has 0 spiro atoms. The third-order valence-corrected chi connectivity index (χ3v) is 2.78. The van der Waals surface area contributed by atoms with Gasteiger partial charge in [-0.25, -0.2) is 0 Å². The molecule has 0 fully saturated rings. The zero-order chi connectivity index (χ0) is 10.3. The van der Waals surface area contributed by atoms with Crippen molar-refractivity contribution in [1.29, 1.82) is 0 Å². The van der Waals surface area contributed by atoms with E-state index in [2.05, 4.69) is 9.98 Å². The summed E-state index contributed by atoms with van der Waals surface area (Å²) in [6.45, 7) is 0. The molecule has 0 aromatic heterocycles. The number of nitrogens with zero attached hydrogens (tertiary/aromatic N) is 2. The van der Waals surface area contributed by atoms with Crippen LogP contribution >= 0.6 is 0 Å². The highest BCUT2D eigenvalue weighted by Crippen LogP contribution is 2.34. The molecule has 3 nitrogen and oxygen atoms in total. The van der Waals surface area contributed by atoms with Crippen LogP contribution in [0.25, 0.3) is 0 Å². The fraction of sp³-hybridized carbons (Fsp3) is 0.250. The maximum absolute atomic E-state index is 11.6. The molecule has 74 valence electrons. The number of aliphatic imine (C=N–C) groups is 2. The molecule has 0 amide bonds. The van der Waals surface area contributed by atoms with Gasteiger partial charge in [-0.3, -0.25) is 14.8 Å². The molecule has 3 rings (SSSR count). The van der Waals surface area contributed by atoms with Gasteiger partial charge in [0.15, 0.2) is 5.78 Å². The van der Waals surface area contributed by atoms with Gasteiger partial charge in [-0.15, -0.1) is 0 Å². The number of rotatable bonds is 0. The first kappa shape index (κ1) is 8.53. The summed E-state index contributed by atoms with van der Waals surface area (Å²) in [5.74, 6) is 0.164. The molecule has 1 aromatic rings. The number of Topliss-reactive ketones (excluding diaryl/α,β-unsaturated/α-hetero) is 1. The van der Waals surface area contributed by atoms with Crippen molar-refractivity contribution in [1.82, 2.24) is 0 Å². The van der Waals surface area contributed by atoms with Crippen LogP contribution in [-0.4, -0.2) is 18.2 Å². The molecule has 0 saturated carbocycles. The Morgan fingerprint density at radius 1 is 1.07 bits per heavy atom. The third kappa shape index (κ3) is 1.31. The van der Waals surface area contributed by atoms with E-state index in [1.54, 1.807) is 6.21 Å². The second-order valence-electron chi connectivity index (χ2n) is 3.79. The highest BCUT2D eigenvalue weighted by Gasteiger charge is 2.18. The fourth-order valence-corrected chi connectivity index (χ4v) is 1.99. The van der Waals surface area contributed by atoms with Crippen LogP contribution in [0.2, 0.25) is 0 Å². The minimum absolute atomic E-state index is 0.164. The van der Waals surface area contributed by atoms with Gasteiger partial charge in [-0.2, -0.15) is 0 Å². The first-order valence-electron chi connectivity index (χ1n) is 5.10. The zero-order valence-corrected chi connectivity index (χ0v) is 8.23. The molecule has 2 heterocycles. The van der Waals surface area contributed by atoms with Crippen LogP contribution < -0.4 is 0 Å². The lowest BCUT2D eigenvalue weighted by atomic mass is 9.96. The van der Waals surface area contributed by atoms with Crippen molar-refractivity contribution >= 4 is 29.6 Å². The standard InChI is InChI=1S/C12H10N2O/c15-12-3-5-14-11-7-10-8(6-9(11)12)2-1-4-13-10/h4-7H,1-3H2. The van der Waals surface area contributed by atoms with E-state index in [0.717, 1.165) is 29.8 Å². The van der Waals surface area contributed by atoms with Crippen molar-refractivity contribution in [3.8, 4) is 0 Å². The lowest BCUT2D eigenvalue weighted by Gasteiger charge is -2.15. The summed E-state index contributed by atoms with van der Waals surface area (Å²) in [6.07, 6.45) is 5.95. The maximum atomic E-state index is 11.6. The molecule has 0 radical (unpaired) electrons. The molecule has 0 unspecified atom stereocenters. The van der Waals surface area contributed by atoms with E-state index in [0.29, 0.717) is 6.42 Å². The number of benzene rings is 1. The average Bonchev–Trinajstić information content (AvgIpc) is 2.27. The van der Waals surface area contributed by atoms with E-state index in [1.165, 1.54) is 5.56 Å². The Balaban J connectivity index is 2.23. The number of carbonyl (C=O) groups is 1. The topological polar surface area (TPSA) is 41.8 Å². The molecule has 3 heteroatoms. The highest BCUT2D eigenvalue weighted by atomic mass is 16.1. The molecule has 0 bridgehead atoms. The summed E-state index contributed by atoms with van der Waals surface area (Å²) in [6, 6.07) is 3.87. The van der Waals surface area contributed by atoms with Gasteiger partial charge in [-0.05, 0) is 30.5 Å². The monoisotopic (exact) mass is 198 g/mol. The third-order valence-electron chi connectivity index (χ3n) is 2.78. The first-order valence-corrected chi connectivity index (χ1v) is 5.10. The number of hydrogen-bond acceptors (Lipinski definition) is 3. The maximum Gasteiger partial charge on any atom is 0.170 e. The number of fused-ring (bicyclic) bond motifs is 2. The predicted molar refractivity (Wildman–Crippen MR) is 60.0 cm³/mol. The van der Waals surface area contributed by atoms with Crippen molar-refractivity contribution in [2.45, 2.75) is 19.3 Å². The predicted octanol–water partition coefficient (Wildman–Crippen LogP) is 2.62. The molecule has 0 saturated heterocycles. The van der Waals surface area contributed by atoms with Gasteiger partial charge in [0.25, 0.3) is 0 Å². The average molecular weight is 198 g/mol. The van der Waals surface area contributed by atoms with E-state index in [1.807, 2.05) is 18.3 Å². The van der Waals surface area contributed by atoms with E-state index in [-0.39, 0.29) is 5.78 Å². The van der Waals surface area contributed by atoms with E-state index >= 15 is 0 Å². The van der Waals surface area contributed by atoms with Crippen molar-refractivity contribution in [2.75, 3.05) is 0 Å². The van der Waals surface area contributed by atoms with Crippen molar-refractivity contribution in [3.63, 3.8) is 0 Å². The summed E-state index contributed by atoms with van der Waals surface area (Å²) < 4.78 is 0. The van der Waals surface area contributed by atoms with Gasteiger partial charge < -0.3 is 0 Å². The molecule has 15 heavy (non-hydrogen) atoms. The lowest BCUT2D eigenvalue weighted by Crippen LogP contribution is -2.06. The Morgan fingerprint density at radius 2 is 1.93 bits per heavy atom. The van der Waals surface area contributed by atoms with Crippen LogP contribution in [0.5, 0.6) is 0 Å². The minimum Gasteiger partial charge on any atom is -0.294 e. The van der Waals surface area contributed by atoms with Gasteiger partial charge in [0.05, 0.1) is 11.4 Å². The van der Waals surface area contributed by atoms with Gasteiger partial charge in [0.2, 0.25) is 0 Å². The number of ketones is 1. The Labute approximate surface area is 87.6 Å². The second kappa shape index (κ2) is 3.12. The van der Waals surface area contributed by atoms with Gasteiger partial charge in [-0.1, -0.05) is 0 Å². The Bertz CT molecular complexity index is 501. The van der Waals surface area contributed by atoms with Crippen LogP contribution in [0, 0.1) is 0 Å².